The van der Waals surface area contributed by atoms with Gasteiger partial charge in [0.2, 0.25) is 5.91 Å². The van der Waals surface area contributed by atoms with Gasteiger partial charge in [-0.1, -0.05) is 20.8 Å². The highest BCUT2D eigenvalue weighted by atomic mass is 79.9. The fourth-order valence-corrected chi connectivity index (χ4v) is 5.64. The average Bonchev–Trinajstić information content (AvgIpc) is 2.73. The summed E-state index contributed by atoms with van der Waals surface area (Å²) in [6.45, 7) is 7.18. The minimum absolute atomic E-state index is 0.156. The van der Waals surface area contributed by atoms with Gasteiger partial charge in [0.15, 0.2) is 0 Å². The summed E-state index contributed by atoms with van der Waals surface area (Å²) >= 11 is 3.41. The summed E-state index contributed by atoms with van der Waals surface area (Å²) in [4.78, 5) is 29.0. The lowest BCUT2D eigenvalue weighted by Gasteiger charge is -2.62. The number of fused-ring (bicyclic) bond motifs is 2. The average molecular weight is 489 g/mol. The van der Waals surface area contributed by atoms with Crippen LogP contribution in [0.1, 0.15) is 39.2 Å². The Balaban J connectivity index is 1.38. The first-order valence-electron chi connectivity index (χ1n) is 10.7. The number of anilines is 2. The van der Waals surface area contributed by atoms with Gasteiger partial charge in [0.1, 0.15) is 16.8 Å². The Hall–Kier alpha value is -2.42. The van der Waals surface area contributed by atoms with Crippen LogP contribution in [0.5, 0.6) is 0 Å². The van der Waals surface area contributed by atoms with Crippen LogP contribution in [0.25, 0.3) is 0 Å². The number of nitrogen functional groups attached to an aromatic ring is 1. The molecule has 4 atom stereocenters. The van der Waals surface area contributed by atoms with Gasteiger partial charge in [-0.3, -0.25) is 9.59 Å². The molecule has 0 aromatic carbocycles. The minimum Gasteiger partial charge on any atom is -0.384 e. The molecule has 5 rings (SSSR count). The Morgan fingerprint density at radius 3 is 2.84 bits per heavy atom. The highest BCUT2D eigenvalue weighted by Gasteiger charge is 2.56. The monoisotopic (exact) mass is 488 g/mol. The van der Waals surface area contributed by atoms with Crippen molar-refractivity contribution in [2.45, 2.75) is 52.7 Å². The summed E-state index contributed by atoms with van der Waals surface area (Å²) < 4.78 is 1.57. The topological polar surface area (TPSA) is 115 Å². The lowest BCUT2D eigenvalue weighted by Crippen LogP contribution is -2.58. The second-order valence-corrected chi connectivity index (χ2v) is 10.2. The molecule has 0 unspecified atom stereocenters. The van der Waals surface area contributed by atoms with Gasteiger partial charge in [-0.2, -0.15) is 5.10 Å². The number of nitrogens with two attached hydrogens (primary N) is 1. The molecule has 3 aliphatic rings. The second-order valence-electron chi connectivity index (χ2n) is 9.41. The molecule has 3 fully saturated rings. The van der Waals surface area contributed by atoms with Crippen molar-refractivity contribution in [3.05, 3.63) is 44.9 Å². The molecule has 4 N–H and O–H groups in total. The molecule has 2 bridgehead atoms. The summed E-state index contributed by atoms with van der Waals surface area (Å²) in [7, 11) is 0. The van der Waals surface area contributed by atoms with E-state index < -0.39 is 0 Å². The summed E-state index contributed by atoms with van der Waals surface area (Å²) in [5.74, 6) is 2.04. The largest absolute Gasteiger partial charge is 0.384 e. The fourth-order valence-electron chi connectivity index (χ4n) is 5.22. The van der Waals surface area contributed by atoms with Gasteiger partial charge >= 0.3 is 0 Å². The van der Waals surface area contributed by atoms with Gasteiger partial charge < -0.3 is 16.4 Å². The van der Waals surface area contributed by atoms with Crippen LogP contribution in [0, 0.1) is 23.2 Å². The maximum Gasteiger partial charge on any atom is 0.283 e. The third kappa shape index (κ3) is 4.20. The Kier molecular flexibility index (Phi) is 5.81. The van der Waals surface area contributed by atoms with Crippen molar-refractivity contribution in [3.8, 4) is 0 Å². The SMILES string of the molecule is C[C@H]1[C@H](Nc2cnn(CC(=O)NCc3ccnc(N)c3)c(=O)c2Br)C[C@H]2C[C@@H]1C2(C)C. The zero-order chi connectivity index (χ0) is 22.3. The van der Waals surface area contributed by atoms with E-state index in [4.69, 9.17) is 5.73 Å². The van der Waals surface area contributed by atoms with E-state index in [-0.39, 0.29) is 18.0 Å². The Morgan fingerprint density at radius 2 is 2.16 bits per heavy atom. The maximum atomic E-state index is 12.8. The van der Waals surface area contributed by atoms with Gasteiger partial charge in [0.25, 0.3) is 5.56 Å². The third-order valence-electron chi connectivity index (χ3n) is 7.31. The van der Waals surface area contributed by atoms with Crippen molar-refractivity contribution in [1.82, 2.24) is 20.1 Å². The van der Waals surface area contributed by atoms with E-state index in [0.717, 1.165) is 22.6 Å². The fraction of sp³-hybridized carbons (Fsp3) is 0.545. The first-order valence-corrected chi connectivity index (χ1v) is 11.5. The van der Waals surface area contributed by atoms with E-state index in [1.54, 1.807) is 24.5 Å². The molecule has 31 heavy (non-hydrogen) atoms. The summed E-state index contributed by atoms with van der Waals surface area (Å²) in [6, 6.07) is 3.79. The normalized spacial score (nSPS) is 26.1. The van der Waals surface area contributed by atoms with E-state index >= 15 is 0 Å². The van der Waals surface area contributed by atoms with Crippen LogP contribution in [0.2, 0.25) is 0 Å². The molecule has 2 aromatic heterocycles. The maximum absolute atomic E-state index is 12.8. The summed E-state index contributed by atoms with van der Waals surface area (Å²) in [5, 5.41) is 10.5. The number of halogens is 1. The van der Waals surface area contributed by atoms with E-state index in [2.05, 4.69) is 57.4 Å². The number of amides is 1. The second kappa shape index (κ2) is 8.26. The molecular formula is C22H29BrN6O2. The van der Waals surface area contributed by atoms with Gasteiger partial charge in [-0.25, -0.2) is 9.67 Å². The van der Waals surface area contributed by atoms with E-state index in [1.165, 1.54) is 6.42 Å². The van der Waals surface area contributed by atoms with E-state index in [9.17, 15) is 9.59 Å². The number of hydrogen-bond donors (Lipinski definition) is 3. The van der Waals surface area contributed by atoms with Crippen LogP contribution >= 0.6 is 15.9 Å². The van der Waals surface area contributed by atoms with Crippen LogP contribution in [0.3, 0.4) is 0 Å². The molecule has 0 spiro atoms. The van der Waals surface area contributed by atoms with Crippen LogP contribution in [-0.2, 0) is 17.9 Å². The highest BCUT2D eigenvalue weighted by Crippen LogP contribution is 2.61. The predicted molar refractivity (Wildman–Crippen MR) is 123 cm³/mol. The molecule has 8 nitrogen and oxygen atoms in total. The molecule has 2 heterocycles. The summed E-state index contributed by atoms with van der Waals surface area (Å²) in [5.41, 5.74) is 7.25. The number of rotatable bonds is 6. The number of nitrogens with one attached hydrogen (secondary N) is 2. The van der Waals surface area contributed by atoms with Crippen molar-refractivity contribution in [2.75, 3.05) is 11.1 Å². The number of carbonyl (C=O) groups excluding carboxylic acids is 1. The van der Waals surface area contributed by atoms with Crippen LogP contribution in [0.4, 0.5) is 11.5 Å². The lowest BCUT2D eigenvalue weighted by atomic mass is 9.45. The van der Waals surface area contributed by atoms with Crippen LogP contribution < -0.4 is 21.9 Å². The van der Waals surface area contributed by atoms with Crippen LogP contribution in [-0.4, -0.2) is 26.7 Å². The molecular weight excluding hydrogens is 460 g/mol. The molecule has 3 saturated carbocycles. The van der Waals surface area contributed by atoms with Gasteiger partial charge in [0, 0.05) is 18.8 Å². The Morgan fingerprint density at radius 1 is 1.39 bits per heavy atom. The third-order valence-corrected chi connectivity index (χ3v) is 8.07. The Bertz CT molecular complexity index is 1050. The first-order chi connectivity index (χ1) is 14.7. The number of hydrogen-bond acceptors (Lipinski definition) is 6. The number of pyridine rings is 1. The molecule has 3 aliphatic carbocycles. The molecule has 1 amide bonds. The minimum atomic E-state index is -0.331. The number of carbonyl (C=O) groups is 1. The molecule has 166 valence electrons. The highest BCUT2D eigenvalue weighted by molar-refractivity contribution is 9.10. The summed E-state index contributed by atoms with van der Waals surface area (Å²) in [6.07, 6.45) is 5.61. The predicted octanol–water partition coefficient (Wildman–Crippen LogP) is 2.78. The first kappa shape index (κ1) is 21.8. The zero-order valence-electron chi connectivity index (χ0n) is 18.1. The number of aromatic nitrogens is 3. The van der Waals surface area contributed by atoms with Crippen molar-refractivity contribution in [3.63, 3.8) is 0 Å². The molecule has 0 radical (unpaired) electrons. The van der Waals surface area contributed by atoms with Crippen molar-refractivity contribution in [1.29, 1.82) is 0 Å². The van der Waals surface area contributed by atoms with Crippen molar-refractivity contribution >= 4 is 33.3 Å². The molecule has 0 saturated heterocycles. The van der Waals surface area contributed by atoms with Crippen molar-refractivity contribution < 1.29 is 4.79 Å². The molecule has 0 aliphatic heterocycles. The lowest BCUT2D eigenvalue weighted by molar-refractivity contribution is -0.122. The smallest absolute Gasteiger partial charge is 0.283 e. The van der Waals surface area contributed by atoms with E-state index in [1.807, 2.05) is 0 Å². The van der Waals surface area contributed by atoms with Crippen LogP contribution in [0.15, 0.2) is 33.8 Å². The zero-order valence-corrected chi connectivity index (χ0v) is 19.6. The van der Waals surface area contributed by atoms with Crippen molar-refractivity contribution in [2.24, 2.45) is 23.2 Å². The standard InChI is InChI=1S/C22H29BrN6O2/c1-12-15-7-14(22(15,2)3)8-16(12)28-17-10-27-29(21(31)20(17)23)11-19(30)26-9-13-4-5-25-18(24)6-13/h4-6,10,12,14-16,28H,7-9,11H2,1-3H3,(H2,24,25)(H,26,30)/t12-,14-,15+,16-/m1/s1. The van der Waals surface area contributed by atoms with Gasteiger partial charge in [0.05, 0.1) is 11.9 Å². The van der Waals surface area contributed by atoms with Gasteiger partial charge in [-0.15, -0.1) is 0 Å². The van der Waals surface area contributed by atoms with E-state index in [0.29, 0.717) is 45.8 Å². The molecule has 9 heteroatoms. The molecule has 2 aromatic rings. The Labute approximate surface area is 190 Å². The van der Waals surface area contributed by atoms with Gasteiger partial charge in [-0.05, 0) is 69.6 Å². The quantitative estimate of drug-likeness (QED) is 0.575. The number of nitrogens with zero attached hydrogens (tertiary/aromatic N) is 3.